The fourth-order valence-corrected chi connectivity index (χ4v) is 2.56. The van der Waals surface area contributed by atoms with Gasteiger partial charge in [-0.2, -0.15) is 4.40 Å². The number of rotatable bonds is 2. The van der Waals surface area contributed by atoms with Gasteiger partial charge in [-0.15, -0.1) is 0 Å². The largest absolute Gasteiger partial charge is 0.443 e. The average Bonchev–Trinajstić information content (AvgIpc) is 2.81. The molecule has 24 heavy (non-hydrogen) atoms. The first-order valence-corrected chi connectivity index (χ1v) is 8.89. The Morgan fingerprint density at radius 1 is 1.17 bits per heavy atom. The third kappa shape index (κ3) is 4.32. The lowest BCUT2D eigenvalue weighted by Crippen LogP contribution is -2.26. The molecular formula is C18H24N2O3S. The number of carbonyl (C=O) groups is 1. The van der Waals surface area contributed by atoms with Crippen LogP contribution in [0.3, 0.4) is 0 Å². The average molecular weight is 348 g/mol. The standard InChI is InChI=1S/C18H24N2O3S/c1-17(2,3)23-16(21)20-12-13(11-19-24(22)18(4,5)6)14-9-7-8-10-15(14)20/h7-12H,1-6H3. The molecule has 0 amide bonds. The van der Waals surface area contributed by atoms with Crippen LogP contribution in [0.15, 0.2) is 34.9 Å². The molecule has 0 aliphatic heterocycles. The van der Waals surface area contributed by atoms with Crippen molar-refractivity contribution >= 4 is 34.2 Å². The normalized spacial score (nSPS) is 14.2. The number of carbonyl (C=O) groups excluding carboxylic acids is 1. The zero-order chi connectivity index (χ0) is 18.1. The molecule has 130 valence electrons. The molecule has 6 heteroatoms. The highest BCUT2D eigenvalue weighted by Gasteiger charge is 2.21. The maximum absolute atomic E-state index is 12.4. The van der Waals surface area contributed by atoms with Gasteiger partial charge in [-0.25, -0.2) is 9.00 Å². The highest BCUT2D eigenvalue weighted by Crippen LogP contribution is 2.22. The second kappa shape index (κ2) is 6.51. The number of nitrogens with zero attached hydrogens (tertiary/aromatic N) is 2. The Balaban J connectivity index is 2.45. The molecule has 0 N–H and O–H groups in total. The quantitative estimate of drug-likeness (QED) is 0.760. The number of fused-ring (bicyclic) bond motifs is 1. The van der Waals surface area contributed by atoms with Gasteiger partial charge in [0.05, 0.1) is 10.3 Å². The first-order valence-electron chi connectivity index (χ1n) is 7.78. The number of ether oxygens (including phenoxy) is 1. The van der Waals surface area contributed by atoms with E-state index in [1.54, 1.807) is 12.4 Å². The third-order valence-corrected chi connectivity index (χ3v) is 4.49. The minimum absolute atomic E-state index is 0.431. The molecule has 0 fully saturated rings. The molecule has 0 radical (unpaired) electrons. The summed E-state index contributed by atoms with van der Waals surface area (Å²) in [5.41, 5.74) is 0.883. The molecule has 1 aromatic heterocycles. The fraction of sp³-hybridized carbons (Fsp3) is 0.444. The molecule has 0 aliphatic carbocycles. The van der Waals surface area contributed by atoms with Gasteiger partial charge in [0.2, 0.25) is 0 Å². The van der Waals surface area contributed by atoms with Gasteiger partial charge in [0.1, 0.15) is 16.6 Å². The molecule has 0 saturated carbocycles. The molecule has 2 aromatic rings. The van der Waals surface area contributed by atoms with Gasteiger partial charge >= 0.3 is 6.09 Å². The van der Waals surface area contributed by atoms with Crippen molar-refractivity contribution in [2.24, 2.45) is 4.40 Å². The van der Waals surface area contributed by atoms with E-state index in [0.29, 0.717) is 0 Å². The van der Waals surface area contributed by atoms with Crippen LogP contribution in [0.5, 0.6) is 0 Å². The number of para-hydroxylation sites is 1. The summed E-state index contributed by atoms with van der Waals surface area (Å²) in [6.07, 6.45) is 2.78. The Morgan fingerprint density at radius 3 is 2.38 bits per heavy atom. The van der Waals surface area contributed by atoms with Gasteiger partial charge in [0, 0.05) is 23.4 Å². The first kappa shape index (κ1) is 18.4. The summed E-state index contributed by atoms with van der Waals surface area (Å²) in [5.74, 6) is 0. The number of aromatic nitrogens is 1. The Kier molecular flexibility index (Phi) is 4.99. The van der Waals surface area contributed by atoms with Crippen molar-refractivity contribution in [3.05, 3.63) is 36.0 Å². The smallest absolute Gasteiger partial charge is 0.419 e. The Labute approximate surface area is 145 Å². The van der Waals surface area contributed by atoms with Crippen LogP contribution in [0.25, 0.3) is 10.9 Å². The summed E-state index contributed by atoms with van der Waals surface area (Å²) in [5, 5.41) is 0.859. The van der Waals surface area contributed by atoms with Crippen molar-refractivity contribution in [1.82, 2.24) is 4.57 Å². The summed E-state index contributed by atoms with van der Waals surface area (Å²) in [4.78, 5) is 12.4. The maximum Gasteiger partial charge on any atom is 0.419 e. The molecule has 5 nitrogen and oxygen atoms in total. The van der Waals surface area contributed by atoms with Crippen molar-refractivity contribution < 1.29 is 13.7 Å². The van der Waals surface area contributed by atoms with E-state index in [1.165, 1.54) is 4.57 Å². The van der Waals surface area contributed by atoms with E-state index in [2.05, 4.69) is 4.40 Å². The molecule has 1 aromatic carbocycles. The van der Waals surface area contributed by atoms with Crippen LogP contribution < -0.4 is 0 Å². The lowest BCUT2D eigenvalue weighted by molar-refractivity contribution is 0.0544. The van der Waals surface area contributed by atoms with Crippen LogP contribution >= 0.6 is 0 Å². The van der Waals surface area contributed by atoms with E-state index in [0.717, 1.165) is 16.5 Å². The summed E-state index contributed by atoms with van der Waals surface area (Å²) < 4.78 is 22.7. The molecular weight excluding hydrogens is 324 g/mol. The predicted octanol–water partition coefficient (Wildman–Crippen LogP) is 4.31. The third-order valence-electron chi connectivity index (χ3n) is 3.14. The number of hydrogen-bond donors (Lipinski definition) is 0. The Morgan fingerprint density at radius 2 is 1.79 bits per heavy atom. The SMILES string of the molecule is CC(C)(C)OC(=O)n1cc(C=NS(=O)C(C)(C)C)c2ccccc21. The Hall–Kier alpha value is -1.95. The molecule has 1 unspecified atom stereocenters. The molecule has 0 spiro atoms. The molecule has 2 rings (SSSR count). The minimum Gasteiger partial charge on any atom is -0.443 e. The minimum atomic E-state index is -1.35. The van der Waals surface area contributed by atoms with E-state index in [1.807, 2.05) is 65.8 Å². The van der Waals surface area contributed by atoms with Gasteiger partial charge in [-0.1, -0.05) is 18.2 Å². The number of hydrogen-bond acceptors (Lipinski definition) is 3. The zero-order valence-electron chi connectivity index (χ0n) is 15.0. The van der Waals surface area contributed by atoms with Gasteiger partial charge in [0.15, 0.2) is 0 Å². The fourth-order valence-electron chi connectivity index (χ4n) is 2.03. The van der Waals surface area contributed by atoms with Crippen molar-refractivity contribution in [3.8, 4) is 0 Å². The van der Waals surface area contributed by atoms with Crippen molar-refractivity contribution in [2.75, 3.05) is 0 Å². The monoisotopic (exact) mass is 348 g/mol. The summed E-state index contributed by atoms with van der Waals surface area (Å²) >= 11 is 0. The highest BCUT2D eigenvalue weighted by atomic mass is 32.2. The molecule has 0 saturated heterocycles. The van der Waals surface area contributed by atoms with Crippen molar-refractivity contribution in [1.29, 1.82) is 0 Å². The van der Waals surface area contributed by atoms with Gasteiger partial charge in [-0.05, 0) is 47.6 Å². The van der Waals surface area contributed by atoms with E-state index in [4.69, 9.17) is 4.74 Å². The van der Waals surface area contributed by atoms with E-state index in [9.17, 15) is 9.00 Å². The lowest BCUT2D eigenvalue weighted by atomic mass is 10.2. The topological polar surface area (TPSA) is 60.7 Å². The molecule has 1 atom stereocenters. The molecule has 1 heterocycles. The zero-order valence-corrected chi connectivity index (χ0v) is 15.8. The van der Waals surface area contributed by atoms with Crippen LogP contribution in [0.4, 0.5) is 4.79 Å². The van der Waals surface area contributed by atoms with Gasteiger partial charge in [0.25, 0.3) is 0 Å². The highest BCUT2D eigenvalue weighted by molar-refractivity contribution is 7.85. The summed E-state index contributed by atoms with van der Waals surface area (Å²) in [6, 6.07) is 7.49. The summed E-state index contributed by atoms with van der Waals surface area (Å²) in [7, 11) is -1.35. The van der Waals surface area contributed by atoms with Crippen molar-refractivity contribution in [2.45, 2.75) is 51.9 Å². The predicted molar refractivity (Wildman–Crippen MR) is 99.1 cm³/mol. The van der Waals surface area contributed by atoms with E-state index >= 15 is 0 Å². The van der Waals surface area contributed by atoms with Crippen LogP contribution in [0, 0.1) is 0 Å². The molecule has 0 aliphatic rings. The second-order valence-corrected chi connectivity index (χ2v) is 9.48. The van der Waals surface area contributed by atoms with E-state index in [-0.39, 0.29) is 0 Å². The van der Waals surface area contributed by atoms with Gasteiger partial charge in [-0.3, -0.25) is 4.57 Å². The van der Waals surface area contributed by atoms with Crippen LogP contribution in [0.1, 0.15) is 47.1 Å². The van der Waals surface area contributed by atoms with Crippen LogP contribution in [0.2, 0.25) is 0 Å². The van der Waals surface area contributed by atoms with Crippen LogP contribution in [-0.4, -0.2) is 31.4 Å². The van der Waals surface area contributed by atoms with Gasteiger partial charge < -0.3 is 4.74 Å². The second-order valence-electron chi connectivity index (χ2n) is 7.55. The number of benzene rings is 1. The van der Waals surface area contributed by atoms with Crippen molar-refractivity contribution in [3.63, 3.8) is 0 Å². The lowest BCUT2D eigenvalue weighted by Gasteiger charge is -2.19. The van der Waals surface area contributed by atoms with E-state index < -0.39 is 27.4 Å². The molecule has 0 bridgehead atoms. The first-order chi connectivity index (χ1) is 11.0. The van der Waals surface area contributed by atoms with Crippen LogP contribution in [-0.2, 0) is 15.7 Å². The Bertz CT molecular complexity index is 808. The maximum atomic E-state index is 12.4. The summed E-state index contributed by atoms with van der Waals surface area (Å²) in [6.45, 7) is 11.1.